The Kier molecular flexibility index (Phi) is 9.42. The number of rotatable bonds is 14. The summed E-state index contributed by atoms with van der Waals surface area (Å²) in [6.45, 7) is 1.16. The highest BCUT2D eigenvalue weighted by molar-refractivity contribution is 7.84. The molecule has 3 fully saturated rings. The number of thiazole rings is 1. The predicted octanol–water partition coefficient (Wildman–Crippen LogP) is -3.37. The minimum Gasteiger partial charge on any atom is -0.478 e. The van der Waals surface area contributed by atoms with Crippen LogP contribution in [-0.4, -0.2) is 119 Å². The molecule has 3 unspecified atom stereocenters. The van der Waals surface area contributed by atoms with Crippen LogP contribution in [0, 0.1) is 10.8 Å². The second kappa shape index (κ2) is 12.8. The Morgan fingerprint density at radius 1 is 1.35 bits per heavy atom. The largest absolute Gasteiger partial charge is 0.478 e. The molecule has 1 aromatic rings. The van der Waals surface area contributed by atoms with Crippen LogP contribution in [0.3, 0.4) is 0 Å². The van der Waals surface area contributed by atoms with Gasteiger partial charge in [0.2, 0.25) is 5.60 Å². The number of anilines is 1. The Labute approximate surface area is 248 Å². The van der Waals surface area contributed by atoms with E-state index in [0.717, 1.165) is 37.1 Å². The number of oxime groups is 1. The van der Waals surface area contributed by atoms with Gasteiger partial charge in [-0.25, -0.2) is 14.1 Å². The standard InChI is InChI=1S/C21H30N12O8S2/c22-10(5-26-19(23)29-11-1-4-25-7-11)6-27-28-8-13-15(17(35)33(13)43(38,39)40)31-16(34)14(12-9-42-20(24)30-12)32-41-21(2-3-21)18(36)37/h6,9,11,13,15,22,25,28H,1-5,7-8H2,(H2,24,30)(H,31,34)(H,36,37)(H3,23,26,29)(H,38,39,40)/b22-10?,27-6-,32-14-. The Hall–Kier alpha value is -4.41. The summed E-state index contributed by atoms with van der Waals surface area (Å²) in [5.41, 5.74) is 5.90. The molecule has 4 rings (SSSR count). The molecule has 0 aromatic carbocycles. The Morgan fingerprint density at radius 3 is 2.67 bits per heavy atom. The van der Waals surface area contributed by atoms with Gasteiger partial charge in [-0.05, 0) is 13.0 Å². The highest BCUT2D eigenvalue weighted by Gasteiger charge is 2.56. The predicted molar refractivity (Wildman–Crippen MR) is 152 cm³/mol. The maximum absolute atomic E-state index is 13.1. The Morgan fingerprint density at radius 2 is 2.09 bits per heavy atom. The van der Waals surface area contributed by atoms with Crippen LogP contribution in [0.25, 0.3) is 0 Å². The smallest absolute Gasteiger partial charge is 0.362 e. The zero-order valence-corrected chi connectivity index (χ0v) is 24.0. The van der Waals surface area contributed by atoms with E-state index in [0.29, 0.717) is 0 Å². The molecule has 0 spiro atoms. The number of carbonyl (C=O) groups is 3. The van der Waals surface area contributed by atoms with Crippen molar-refractivity contribution in [3.63, 3.8) is 0 Å². The van der Waals surface area contributed by atoms with Gasteiger partial charge < -0.3 is 47.8 Å². The minimum absolute atomic E-state index is 0.0383. The van der Waals surface area contributed by atoms with Gasteiger partial charge in [0.1, 0.15) is 11.7 Å². The second-order valence-corrected chi connectivity index (χ2v) is 11.9. The number of carbonyl (C=O) groups excluding carboxylic acids is 2. The lowest BCUT2D eigenvalue weighted by molar-refractivity contribution is -0.153. The number of hydrazone groups is 1. The first kappa shape index (κ1) is 31.5. The monoisotopic (exact) mass is 642 g/mol. The van der Waals surface area contributed by atoms with Crippen molar-refractivity contribution in [1.29, 1.82) is 10.8 Å². The van der Waals surface area contributed by atoms with Crippen molar-refractivity contribution in [1.82, 2.24) is 36.0 Å². The summed E-state index contributed by atoms with van der Waals surface area (Å²) in [6, 6.07) is -2.71. The average Bonchev–Trinajstić information content (AvgIpc) is 3.33. The number of aliphatic carboxylic acids is 1. The molecule has 1 saturated carbocycles. The van der Waals surface area contributed by atoms with Crippen molar-refractivity contribution in [2.45, 2.75) is 43.0 Å². The summed E-state index contributed by atoms with van der Waals surface area (Å²) < 4.78 is 33.3. The van der Waals surface area contributed by atoms with Gasteiger partial charge in [-0.2, -0.15) is 13.5 Å². The lowest BCUT2D eigenvalue weighted by Gasteiger charge is -2.43. The molecule has 43 heavy (non-hydrogen) atoms. The van der Waals surface area contributed by atoms with E-state index < -0.39 is 51.5 Å². The first-order chi connectivity index (χ1) is 20.3. The van der Waals surface area contributed by atoms with Crippen molar-refractivity contribution in [2.24, 2.45) is 10.3 Å². The van der Waals surface area contributed by atoms with E-state index in [1.54, 1.807) is 0 Å². The normalized spacial score (nSPS) is 22.9. The molecule has 1 aromatic heterocycles. The first-order valence-corrected chi connectivity index (χ1v) is 15.0. The van der Waals surface area contributed by atoms with Crippen molar-refractivity contribution in [3.8, 4) is 0 Å². The van der Waals surface area contributed by atoms with Crippen molar-refractivity contribution in [3.05, 3.63) is 11.1 Å². The van der Waals surface area contributed by atoms with Crippen LogP contribution in [-0.2, 0) is 29.5 Å². The second-order valence-electron chi connectivity index (χ2n) is 9.74. The number of carboxylic acids is 1. The fourth-order valence-corrected chi connectivity index (χ4v) is 5.52. The van der Waals surface area contributed by atoms with Gasteiger partial charge in [-0.1, -0.05) is 5.16 Å². The lowest BCUT2D eigenvalue weighted by atomic mass is 9.98. The van der Waals surface area contributed by atoms with E-state index in [1.165, 1.54) is 5.38 Å². The number of hydrogen-bond acceptors (Lipinski definition) is 15. The molecule has 0 radical (unpaired) electrons. The Bertz CT molecular complexity index is 1450. The molecular weight excluding hydrogens is 612 g/mol. The molecule has 3 atom stereocenters. The van der Waals surface area contributed by atoms with Gasteiger partial charge in [-0.15, -0.1) is 11.3 Å². The van der Waals surface area contributed by atoms with E-state index in [4.69, 9.17) is 21.4 Å². The lowest BCUT2D eigenvalue weighted by Crippen LogP contribution is -2.74. The van der Waals surface area contributed by atoms with E-state index in [-0.39, 0.29) is 58.8 Å². The number of aromatic nitrogens is 1. The van der Waals surface area contributed by atoms with Crippen LogP contribution in [0.1, 0.15) is 25.0 Å². The van der Waals surface area contributed by atoms with Crippen LogP contribution < -0.4 is 32.4 Å². The summed E-state index contributed by atoms with van der Waals surface area (Å²) >= 11 is 0.958. The average molecular weight is 643 g/mol. The topological polar surface area (TPSA) is 310 Å². The number of guanidine groups is 1. The van der Waals surface area contributed by atoms with E-state index in [9.17, 15) is 32.5 Å². The molecule has 2 aliphatic heterocycles. The molecule has 11 N–H and O–H groups in total. The number of amides is 2. The van der Waals surface area contributed by atoms with Gasteiger partial charge in [0, 0.05) is 30.8 Å². The summed E-state index contributed by atoms with van der Waals surface area (Å²) in [5.74, 6) is -3.45. The number of nitrogens with one attached hydrogen (secondary N) is 7. The molecule has 22 heteroatoms. The van der Waals surface area contributed by atoms with Crippen LogP contribution >= 0.6 is 11.3 Å². The first-order valence-electron chi connectivity index (χ1n) is 12.8. The fourth-order valence-electron chi connectivity index (χ4n) is 4.10. The van der Waals surface area contributed by atoms with Crippen molar-refractivity contribution < 1.29 is 37.3 Å². The summed E-state index contributed by atoms with van der Waals surface area (Å²) in [4.78, 5) is 46.2. The number of β-lactam (4-membered cyclic amide) rings is 1. The molecule has 234 valence electrons. The zero-order chi connectivity index (χ0) is 31.4. The summed E-state index contributed by atoms with van der Waals surface area (Å²) in [6.07, 6.45) is 2.27. The maximum Gasteiger partial charge on any atom is 0.362 e. The molecule has 2 amide bonds. The van der Waals surface area contributed by atoms with E-state index in [1.807, 2.05) is 0 Å². The minimum atomic E-state index is -5.01. The highest BCUT2D eigenvalue weighted by Crippen LogP contribution is 2.40. The molecular formula is C21H30N12O8S2. The third kappa shape index (κ3) is 7.71. The van der Waals surface area contributed by atoms with Crippen molar-refractivity contribution in [2.75, 3.05) is 31.9 Å². The summed E-state index contributed by atoms with van der Waals surface area (Å²) in [5, 5.41) is 45.2. The van der Waals surface area contributed by atoms with Gasteiger partial charge in [0.25, 0.3) is 11.8 Å². The fraction of sp³-hybridized carbons (Fsp3) is 0.524. The zero-order valence-electron chi connectivity index (χ0n) is 22.4. The van der Waals surface area contributed by atoms with Gasteiger partial charge >= 0.3 is 16.3 Å². The Balaban J connectivity index is 1.37. The number of hydrogen-bond donors (Lipinski definition) is 10. The number of nitrogens with zero attached hydrogens (tertiary/aromatic N) is 4. The van der Waals surface area contributed by atoms with Crippen molar-refractivity contribution >= 4 is 68.2 Å². The number of carboxylic acid groups (broad SMARTS) is 1. The third-order valence-electron chi connectivity index (χ3n) is 6.57. The van der Waals surface area contributed by atoms with E-state index >= 15 is 0 Å². The molecule has 0 bridgehead atoms. The highest BCUT2D eigenvalue weighted by atomic mass is 32.2. The van der Waals surface area contributed by atoms with Crippen LogP contribution in [0.5, 0.6) is 0 Å². The van der Waals surface area contributed by atoms with Crippen LogP contribution in [0.4, 0.5) is 5.13 Å². The van der Waals surface area contributed by atoms with Gasteiger partial charge in [-0.3, -0.25) is 19.6 Å². The molecule has 3 aliphatic rings. The summed E-state index contributed by atoms with van der Waals surface area (Å²) in [7, 11) is -5.01. The number of nitrogen functional groups attached to an aromatic ring is 1. The van der Waals surface area contributed by atoms with Crippen LogP contribution in [0.15, 0.2) is 15.6 Å². The van der Waals surface area contributed by atoms with Crippen LogP contribution in [0.2, 0.25) is 0 Å². The molecule has 20 nitrogen and oxygen atoms in total. The van der Waals surface area contributed by atoms with E-state index in [2.05, 4.69) is 41.9 Å². The van der Waals surface area contributed by atoms with Gasteiger partial charge in [0.15, 0.2) is 16.8 Å². The molecule has 1 aliphatic carbocycles. The maximum atomic E-state index is 13.1. The molecule has 2 saturated heterocycles. The SMILES string of the molecule is N=C(/C=N\NCC1C(NC(=O)/C(=N\OC2(C(=O)O)CC2)c2csc(N)n2)C(=O)N1S(=O)(=O)O)CNC(=N)NC1CCNC1. The van der Waals surface area contributed by atoms with Gasteiger partial charge in [0.05, 0.1) is 31.1 Å². The number of nitrogens with two attached hydrogens (primary N) is 1. The quantitative estimate of drug-likeness (QED) is 0.0311. The molecule has 3 heterocycles. The third-order valence-corrected chi connectivity index (χ3v) is 8.19.